The zero-order valence-electron chi connectivity index (χ0n) is 68.2. The second-order valence-electron chi connectivity index (χ2n) is 31.1. The van der Waals surface area contributed by atoms with Crippen molar-refractivity contribution in [2.45, 2.75) is 477 Å². The zero-order chi connectivity index (χ0) is 76.2. The number of ether oxygens (including phenoxy) is 4. The predicted molar refractivity (Wildman–Crippen MR) is 428 cm³/mol. The van der Waals surface area contributed by atoms with Crippen LogP contribution in [0, 0.1) is 5.92 Å². The predicted octanol–water partition coefficient (Wildman–Crippen LogP) is 26.0. The van der Waals surface area contributed by atoms with Crippen LogP contribution < -0.4 is 0 Å². The first-order valence-electron chi connectivity index (χ1n) is 44.1. The Labute approximate surface area is 638 Å². The molecule has 0 bridgehead atoms. The van der Waals surface area contributed by atoms with Crippen LogP contribution in [0.5, 0.6) is 0 Å². The van der Waals surface area contributed by atoms with E-state index in [1.165, 1.54) is 283 Å². The molecule has 0 aromatic rings. The van der Waals surface area contributed by atoms with E-state index in [0.29, 0.717) is 25.7 Å². The van der Waals surface area contributed by atoms with Crippen molar-refractivity contribution in [2.75, 3.05) is 39.6 Å². The van der Waals surface area contributed by atoms with Crippen molar-refractivity contribution in [3.63, 3.8) is 0 Å². The molecule has 0 fully saturated rings. The van der Waals surface area contributed by atoms with Gasteiger partial charge in [-0.2, -0.15) is 0 Å². The SMILES string of the molecule is CCCCCCCCCCCCCCCCCCCCCCCCC(=O)O[C@H](COC(=O)CCCCCCCCCCCCCCCCCCC(C)C)COP(=O)(O)OC[C@@H](O)COP(=O)(O)OC[C@@H](COC(=O)CCCCCCCCCC)OC(=O)CCCCCCCCCCCCCCCCC. The van der Waals surface area contributed by atoms with E-state index in [1.54, 1.807) is 0 Å². The number of phosphoric acid groups is 2. The largest absolute Gasteiger partial charge is 0.472 e. The highest BCUT2D eigenvalue weighted by atomic mass is 31.2. The molecule has 618 valence electrons. The Balaban J connectivity index is 5.18. The third-order valence-electron chi connectivity index (χ3n) is 20.0. The van der Waals surface area contributed by atoms with Crippen LogP contribution in [0.2, 0.25) is 0 Å². The van der Waals surface area contributed by atoms with Crippen molar-refractivity contribution in [1.82, 2.24) is 0 Å². The quantitative estimate of drug-likeness (QED) is 0.0222. The molecule has 3 N–H and O–H groups in total. The maximum absolute atomic E-state index is 13.1. The Kier molecular flexibility index (Phi) is 76.3. The molecular formula is C85H166O17P2. The third-order valence-corrected chi connectivity index (χ3v) is 21.9. The van der Waals surface area contributed by atoms with Gasteiger partial charge in [-0.15, -0.1) is 0 Å². The topological polar surface area (TPSA) is 237 Å². The molecule has 0 heterocycles. The number of carbonyl (C=O) groups is 4. The molecular weight excluding hydrogens is 1350 g/mol. The fourth-order valence-electron chi connectivity index (χ4n) is 13.3. The summed E-state index contributed by atoms with van der Waals surface area (Å²) in [5.41, 5.74) is 0. The Morgan fingerprint density at radius 3 is 0.654 bits per heavy atom. The van der Waals surface area contributed by atoms with Crippen molar-refractivity contribution in [3.8, 4) is 0 Å². The highest BCUT2D eigenvalue weighted by molar-refractivity contribution is 7.47. The van der Waals surface area contributed by atoms with Crippen LogP contribution >= 0.6 is 15.6 Å². The van der Waals surface area contributed by atoms with Crippen LogP contribution in [0.1, 0.15) is 458 Å². The summed E-state index contributed by atoms with van der Waals surface area (Å²) >= 11 is 0. The molecule has 0 aromatic carbocycles. The molecule has 19 heteroatoms. The van der Waals surface area contributed by atoms with Gasteiger partial charge < -0.3 is 33.8 Å². The summed E-state index contributed by atoms with van der Waals surface area (Å²) in [4.78, 5) is 73.1. The summed E-state index contributed by atoms with van der Waals surface area (Å²) in [6, 6.07) is 0. The number of unbranched alkanes of at least 4 members (excludes halogenated alkanes) is 57. The van der Waals surface area contributed by atoms with Gasteiger partial charge in [0.1, 0.15) is 19.3 Å². The van der Waals surface area contributed by atoms with E-state index in [-0.39, 0.29) is 25.7 Å². The molecule has 0 saturated heterocycles. The van der Waals surface area contributed by atoms with Gasteiger partial charge in [0.05, 0.1) is 26.4 Å². The van der Waals surface area contributed by atoms with Crippen LogP contribution in [0.25, 0.3) is 0 Å². The fraction of sp³-hybridized carbons (Fsp3) is 0.953. The van der Waals surface area contributed by atoms with Crippen LogP contribution in [-0.4, -0.2) is 96.7 Å². The summed E-state index contributed by atoms with van der Waals surface area (Å²) < 4.78 is 68.8. The molecule has 0 aromatic heterocycles. The summed E-state index contributed by atoms with van der Waals surface area (Å²) in [5, 5.41) is 10.7. The Morgan fingerprint density at radius 1 is 0.260 bits per heavy atom. The zero-order valence-corrected chi connectivity index (χ0v) is 70.0. The molecule has 0 aliphatic carbocycles. The number of hydrogen-bond donors (Lipinski definition) is 3. The average Bonchev–Trinajstić information content (AvgIpc) is 0.906. The van der Waals surface area contributed by atoms with Crippen LogP contribution in [0.4, 0.5) is 0 Å². The van der Waals surface area contributed by atoms with Crippen molar-refractivity contribution in [1.29, 1.82) is 0 Å². The second-order valence-corrected chi connectivity index (χ2v) is 34.0. The summed E-state index contributed by atoms with van der Waals surface area (Å²) in [6.45, 7) is 7.36. The smallest absolute Gasteiger partial charge is 0.462 e. The number of phosphoric ester groups is 2. The second kappa shape index (κ2) is 77.8. The molecule has 0 radical (unpaired) electrons. The van der Waals surface area contributed by atoms with E-state index in [4.69, 9.17) is 37.0 Å². The average molecular weight is 1520 g/mol. The molecule has 104 heavy (non-hydrogen) atoms. The Morgan fingerprint density at radius 2 is 0.442 bits per heavy atom. The number of hydrogen-bond acceptors (Lipinski definition) is 15. The molecule has 0 aliphatic rings. The van der Waals surface area contributed by atoms with Gasteiger partial charge in [-0.1, -0.05) is 407 Å². The van der Waals surface area contributed by atoms with Crippen LogP contribution in [0.15, 0.2) is 0 Å². The first-order chi connectivity index (χ1) is 50.5. The monoisotopic (exact) mass is 1520 g/mol. The summed E-state index contributed by atoms with van der Waals surface area (Å²) in [7, 11) is -9.92. The first kappa shape index (κ1) is 102. The van der Waals surface area contributed by atoms with Crippen LogP contribution in [0.3, 0.4) is 0 Å². The van der Waals surface area contributed by atoms with Gasteiger partial charge in [-0.3, -0.25) is 37.3 Å². The number of rotatable bonds is 85. The van der Waals surface area contributed by atoms with E-state index in [2.05, 4.69) is 34.6 Å². The highest BCUT2D eigenvalue weighted by Crippen LogP contribution is 2.45. The van der Waals surface area contributed by atoms with Crippen molar-refractivity contribution in [3.05, 3.63) is 0 Å². The maximum atomic E-state index is 13.1. The molecule has 2 unspecified atom stereocenters. The van der Waals surface area contributed by atoms with Gasteiger partial charge in [0.25, 0.3) is 0 Å². The molecule has 5 atom stereocenters. The van der Waals surface area contributed by atoms with Gasteiger partial charge in [-0.05, 0) is 31.6 Å². The lowest BCUT2D eigenvalue weighted by Crippen LogP contribution is -2.30. The molecule has 17 nitrogen and oxygen atoms in total. The van der Waals surface area contributed by atoms with Crippen molar-refractivity contribution >= 4 is 39.5 Å². The Hall–Kier alpha value is -1.94. The lowest BCUT2D eigenvalue weighted by Gasteiger charge is -2.21. The van der Waals surface area contributed by atoms with E-state index in [9.17, 15) is 43.2 Å². The van der Waals surface area contributed by atoms with Crippen LogP contribution in [-0.2, 0) is 65.4 Å². The highest BCUT2D eigenvalue weighted by Gasteiger charge is 2.30. The first-order valence-corrected chi connectivity index (χ1v) is 47.1. The number of esters is 4. The van der Waals surface area contributed by atoms with E-state index in [0.717, 1.165) is 95.8 Å². The van der Waals surface area contributed by atoms with Gasteiger partial charge in [-0.25, -0.2) is 9.13 Å². The molecule has 0 spiro atoms. The van der Waals surface area contributed by atoms with Gasteiger partial charge in [0.2, 0.25) is 0 Å². The molecule has 0 rings (SSSR count). The standard InChI is InChI=1S/C85H166O17P2/c1-6-9-12-15-18-21-23-25-27-28-29-30-31-32-33-39-43-47-51-56-61-66-71-85(90)102-81(75-96-83(88)69-64-59-54-49-45-41-38-35-34-37-40-44-48-52-57-62-67-78(4)5)77-100-104(93,94)98-73-79(86)72-97-103(91,92)99-76-80(74-95-82(87)68-63-58-53-20-17-14-11-8-3)101-84(89)70-65-60-55-50-46-42-36-26-24-22-19-16-13-10-7-2/h78-81,86H,6-77H2,1-5H3,(H,91,92)(H,93,94)/t79-,80+,81+/m0/s1. The Bertz CT molecular complexity index is 1980. The van der Waals surface area contributed by atoms with Crippen molar-refractivity contribution < 1.29 is 80.2 Å². The van der Waals surface area contributed by atoms with E-state index in [1.807, 2.05) is 0 Å². The minimum atomic E-state index is -4.96. The summed E-state index contributed by atoms with van der Waals surface area (Å²) in [6.07, 6.45) is 71.0. The number of aliphatic hydroxyl groups excluding tert-OH is 1. The molecule has 0 amide bonds. The number of aliphatic hydroxyl groups is 1. The van der Waals surface area contributed by atoms with Gasteiger partial charge >= 0.3 is 39.5 Å². The lowest BCUT2D eigenvalue weighted by molar-refractivity contribution is -0.161. The van der Waals surface area contributed by atoms with Gasteiger partial charge in [0, 0.05) is 25.7 Å². The normalized spacial score (nSPS) is 13.8. The minimum Gasteiger partial charge on any atom is -0.462 e. The minimum absolute atomic E-state index is 0.108. The van der Waals surface area contributed by atoms with E-state index >= 15 is 0 Å². The molecule has 0 saturated carbocycles. The van der Waals surface area contributed by atoms with Gasteiger partial charge in [0.15, 0.2) is 12.2 Å². The maximum Gasteiger partial charge on any atom is 0.472 e. The molecule has 0 aliphatic heterocycles. The third kappa shape index (κ3) is 78.2. The van der Waals surface area contributed by atoms with E-state index < -0.39 is 97.5 Å². The summed E-state index contributed by atoms with van der Waals surface area (Å²) in [5.74, 6) is -1.29. The lowest BCUT2D eigenvalue weighted by atomic mass is 10.0. The fourth-order valence-corrected chi connectivity index (χ4v) is 14.9. The van der Waals surface area contributed by atoms with Crippen molar-refractivity contribution in [2.24, 2.45) is 5.92 Å². The number of carbonyl (C=O) groups excluding carboxylic acids is 4.